The first kappa shape index (κ1) is 15.5. The standard InChI is InChI=1S/C16H12Cl2N4O/c17-13-3-1-4-14(18)12(13)9-16(23)21-11-5-6-15(19-10-11)22-8-2-7-20-22/h1-8,10H,9H2,(H,21,23). The van der Waals surface area contributed by atoms with Crippen LogP contribution in [0.5, 0.6) is 0 Å². The average molecular weight is 347 g/mol. The molecule has 0 unspecified atom stereocenters. The van der Waals surface area contributed by atoms with Crippen molar-refractivity contribution in [2.45, 2.75) is 6.42 Å². The summed E-state index contributed by atoms with van der Waals surface area (Å²) in [6.07, 6.45) is 5.13. The van der Waals surface area contributed by atoms with Crippen LogP contribution in [0.2, 0.25) is 10.0 Å². The summed E-state index contributed by atoms with van der Waals surface area (Å²) in [5.74, 6) is 0.454. The zero-order valence-electron chi connectivity index (χ0n) is 11.9. The van der Waals surface area contributed by atoms with Gasteiger partial charge >= 0.3 is 0 Å². The van der Waals surface area contributed by atoms with Crippen LogP contribution in [0, 0.1) is 0 Å². The molecule has 2 heterocycles. The maximum Gasteiger partial charge on any atom is 0.228 e. The second-order valence-electron chi connectivity index (χ2n) is 4.78. The number of anilines is 1. The lowest BCUT2D eigenvalue weighted by Gasteiger charge is -2.08. The molecule has 1 aromatic carbocycles. The summed E-state index contributed by atoms with van der Waals surface area (Å²) >= 11 is 12.1. The molecule has 1 amide bonds. The minimum atomic E-state index is -0.214. The second kappa shape index (κ2) is 6.81. The molecule has 0 spiro atoms. The fourth-order valence-corrected chi connectivity index (χ4v) is 2.60. The Hall–Kier alpha value is -2.37. The number of amides is 1. The van der Waals surface area contributed by atoms with E-state index in [1.165, 1.54) is 0 Å². The van der Waals surface area contributed by atoms with Gasteiger partial charge in [-0.15, -0.1) is 0 Å². The Balaban J connectivity index is 1.68. The van der Waals surface area contributed by atoms with E-state index < -0.39 is 0 Å². The molecule has 7 heteroatoms. The van der Waals surface area contributed by atoms with Crippen LogP contribution in [0.25, 0.3) is 5.82 Å². The smallest absolute Gasteiger partial charge is 0.228 e. The molecule has 3 rings (SSSR count). The van der Waals surface area contributed by atoms with E-state index in [0.717, 1.165) is 0 Å². The fraction of sp³-hybridized carbons (Fsp3) is 0.0625. The zero-order chi connectivity index (χ0) is 16.2. The predicted octanol–water partition coefficient (Wildman–Crippen LogP) is 3.76. The van der Waals surface area contributed by atoms with Crippen LogP contribution in [0.4, 0.5) is 5.69 Å². The number of aromatic nitrogens is 3. The van der Waals surface area contributed by atoms with E-state index in [1.807, 2.05) is 6.07 Å². The van der Waals surface area contributed by atoms with Crippen molar-refractivity contribution in [3.8, 4) is 5.82 Å². The Morgan fingerprint density at radius 3 is 2.52 bits per heavy atom. The first-order valence-corrected chi connectivity index (χ1v) is 7.58. The van der Waals surface area contributed by atoms with Crippen LogP contribution in [0.1, 0.15) is 5.56 Å². The quantitative estimate of drug-likeness (QED) is 0.782. The minimum Gasteiger partial charge on any atom is -0.324 e. The highest BCUT2D eigenvalue weighted by atomic mass is 35.5. The molecular formula is C16H12Cl2N4O. The molecule has 0 aliphatic carbocycles. The third-order valence-electron chi connectivity index (χ3n) is 3.17. The largest absolute Gasteiger partial charge is 0.324 e. The minimum absolute atomic E-state index is 0.0966. The van der Waals surface area contributed by atoms with Crippen LogP contribution in [0.15, 0.2) is 55.0 Å². The van der Waals surface area contributed by atoms with Crippen LogP contribution in [-0.2, 0) is 11.2 Å². The lowest BCUT2D eigenvalue weighted by atomic mass is 10.1. The second-order valence-corrected chi connectivity index (χ2v) is 5.60. The Labute approximate surface area is 142 Å². The van der Waals surface area contributed by atoms with E-state index in [1.54, 1.807) is 53.6 Å². The molecule has 0 fully saturated rings. The first-order valence-electron chi connectivity index (χ1n) is 6.82. The van der Waals surface area contributed by atoms with Gasteiger partial charge in [0.15, 0.2) is 5.82 Å². The number of nitrogens with one attached hydrogen (secondary N) is 1. The maximum absolute atomic E-state index is 12.1. The number of hydrogen-bond donors (Lipinski definition) is 1. The highest BCUT2D eigenvalue weighted by molar-refractivity contribution is 6.36. The Kier molecular flexibility index (Phi) is 4.60. The fourth-order valence-electron chi connectivity index (χ4n) is 2.07. The number of carbonyl (C=O) groups excluding carboxylic acids is 1. The van der Waals surface area contributed by atoms with Crippen LogP contribution >= 0.6 is 23.2 Å². The summed E-state index contributed by atoms with van der Waals surface area (Å²) < 4.78 is 1.63. The van der Waals surface area contributed by atoms with Crippen LogP contribution < -0.4 is 5.32 Å². The normalized spacial score (nSPS) is 10.5. The number of rotatable bonds is 4. The van der Waals surface area contributed by atoms with Crippen molar-refractivity contribution in [1.82, 2.24) is 14.8 Å². The van der Waals surface area contributed by atoms with E-state index in [9.17, 15) is 4.79 Å². The van der Waals surface area contributed by atoms with Crippen molar-refractivity contribution in [2.75, 3.05) is 5.32 Å². The van der Waals surface area contributed by atoms with Gasteiger partial charge in [0.1, 0.15) is 0 Å². The predicted molar refractivity (Wildman–Crippen MR) is 90.2 cm³/mol. The summed E-state index contributed by atoms with van der Waals surface area (Å²) in [5, 5.41) is 7.80. The van der Waals surface area contributed by atoms with Crippen molar-refractivity contribution in [2.24, 2.45) is 0 Å². The maximum atomic E-state index is 12.1. The van der Waals surface area contributed by atoms with Gasteiger partial charge in [0.25, 0.3) is 0 Å². The molecule has 0 aliphatic rings. The van der Waals surface area contributed by atoms with Gasteiger partial charge in [-0.3, -0.25) is 4.79 Å². The number of benzene rings is 1. The lowest BCUT2D eigenvalue weighted by molar-refractivity contribution is -0.115. The number of pyridine rings is 1. The van der Waals surface area contributed by atoms with Crippen molar-refractivity contribution < 1.29 is 4.79 Å². The molecule has 0 bridgehead atoms. The van der Waals surface area contributed by atoms with Crippen LogP contribution in [0.3, 0.4) is 0 Å². The molecule has 3 aromatic rings. The number of hydrogen-bond acceptors (Lipinski definition) is 3. The lowest BCUT2D eigenvalue weighted by Crippen LogP contribution is -2.15. The molecule has 116 valence electrons. The van der Waals surface area contributed by atoms with Crippen molar-refractivity contribution in [1.29, 1.82) is 0 Å². The highest BCUT2D eigenvalue weighted by Gasteiger charge is 2.11. The molecule has 0 saturated heterocycles. The Bertz CT molecular complexity index is 796. The molecule has 5 nitrogen and oxygen atoms in total. The Morgan fingerprint density at radius 2 is 1.91 bits per heavy atom. The molecule has 0 radical (unpaired) electrons. The van der Waals surface area contributed by atoms with Gasteiger partial charge in [-0.1, -0.05) is 29.3 Å². The summed E-state index contributed by atoms with van der Waals surface area (Å²) in [7, 11) is 0. The number of carbonyl (C=O) groups is 1. The monoisotopic (exact) mass is 346 g/mol. The summed E-state index contributed by atoms with van der Waals surface area (Å²) in [6, 6.07) is 10.5. The summed E-state index contributed by atoms with van der Waals surface area (Å²) in [6.45, 7) is 0. The third-order valence-corrected chi connectivity index (χ3v) is 3.88. The van der Waals surface area contributed by atoms with Gasteiger partial charge in [-0.25, -0.2) is 9.67 Å². The van der Waals surface area contributed by atoms with Crippen LogP contribution in [-0.4, -0.2) is 20.7 Å². The molecule has 2 aromatic heterocycles. The molecule has 0 aliphatic heterocycles. The molecule has 23 heavy (non-hydrogen) atoms. The van der Waals surface area contributed by atoms with E-state index >= 15 is 0 Å². The molecule has 0 saturated carbocycles. The van der Waals surface area contributed by atoms with Gasteiger partial charge in [-0.05, 0) is 35.9 Å². The molecule has 1 N–H and O–H groups in total. The topological polar surface area (TPSA) is 59.8 Å². The van der Waals surface area contributed by atoms with Gasteiger partial charge in [0.2, 0.25) is 5.91 Å². The van der Waals surface area contributed by atoms with E-state index in [-0.39, 0.29) is 12.3 Å². The molecule has 0 atom stereocenters. The SMILES string of the molecule is O=C(Cc1c(Cl)cccc1Cl)Nc1ccc(-n2cccn2)nc1. The van der Waals surface area contributed by atoms with Crippen molar-refractivity contribution in [3.63, 3.8) is 0 Å². The van der Waals surface area contributed by atoms with Gasteiger partial charge < -0.3 is 5.32 Å². The third kappa shape index (κ3) is 3.70. The van der Waals surface area contributed by atoms with E-state index in [2.05, 4.69) is 15.4 Å². The zero-order valence-corrected chi connectivity index (χ0v) is 13.4. The van der Waals surface area contributed by atoms with E-state index in [0.29, 0.717) is 27.1 Å². The summed E-state index contributed by atoms with van der Waals surface area (Å²) in [4.78, 5) is 16.4. The number of nitrogens with zero attached hydrogens (tertiary/aromatic N) is 3. The molecular weight excluding hydrogens is 335 g/mol. The van der Waals surface area contributed by atoms with Gasteiger partial charge in [0.05, 0.1) is 18.3 Å². The first-order chi connectivity index (χ1) is 11.1. The Morgan fingerprint density at radius 1 is 1.13 bits per heavy atom. The van der Waals surface area contributed by atoms with Gasteiger partial charge in [-0.2, -0.15) is 5.10 Å². The highest BCUT2D eigenvalue weighted by Crippen LogP contribution is 2.25. The van der Waals surface area contributed by atoms with Crippen molar-refractivity contribution in [3.05, 3.63) is 70.6 Å². The van der Waals surface area contributed by atoms with Crippen molar-refractivity contribution >= 4 is 34.8 Å². The summed E-state index contributed by atoms with van der Waals surface area (Å²) in [5.41, 5.74) is 1.20. The number of halogens is 2. The average Bonchev–Trinajstić information content (AvgIpc) is 3.06. The van der Waals surface area contributed by atoms with E-state index in [4.69, 9.17) is 23.2 Å². The van der Waals surface area contributed by atoms with Gasteiger partial charge in [0, 0.05) is 22.4 Å².